The van der Waals surface area contributed by atoms with Crippen LogP contribution in [0.25, 0.3) is 23.0 Å². The van der Waals surface area contributed by atoms with E-state index in [0.29, 0.717) is 17.1 Å². The van der Waals surface area contributed by atoms with E-state index in [-0.39, 0.29) is 5.91 Å². The monoisotopic (exact) mass is 508 g/mol. The van der Waals surface area contributed by atoms with Crippen LogP contribution in [0.15, 0.2) is 91.1 Å². The number of hydrogen-bond acceptors (Lipinski definition) is 5. The van der Waals surface area contributed by atoms with Gasteiger partial charge in [0.1, 0.15) is 0 Å². The highest BCUT2D eigenvalue weighted by molar-refractivity contribution is 5.97. The van der Waals surface area contributed by atoms with Crippen LogP contribution >= 0.6 is 0 Å². The van der Waals surface area contributed by atoms with E-state index in [1.807, 2.05) is 67.7 Å². The number of benzene rings is 3. The van der Waals surface area contributed by atoms with Crippen LogP contribution in [0.2, 0.25) is 0 Å². The molecule has 2 amide bonds. The summed E-state index contributed by atoms with van der Waals surface area (Å²) in [5, 5.41) is 10.1. The number of ether oxygens (including phenoxy) is 1. The first-order chi connectivity index (χ1) is 18.3. The van der Waals surface area contributed by atoms with Crippen LogP contribution in [0.4, 0.5) is 11.4 Å². The Morgan fingerprint density at radius 1 is 0.895 bits per heavy atom. The molecule has 4 rings (SSSR count). The summed E-state index contributed by atoms with van der Waals surface area (Å²) < 4.78 is 7.07. The molecule has 38 heavy (non-hydrogen) atoms. The molecule has 3 aromatic carbocycles. The highest BCUT2D eigenvalue weighted by Gasteiger charge is 2.17. The Balaban J connectivity index is 1.45. The zero-order valence-corrected chi connectivity index (χ0v) is 21.3. The summed E-state index contributed by atoms with van der Waals surface area (Å²) in [5.41, 5.74) is 5.50. The van der Waals surface area contributed by atoms with E-state index in [1.165, 1.54) is 19.9 Å². The second kappa shape index (κ2) is 11.8. The maximum Gasteiger partial charge on any atom is 0.331 e. The molecular weight excluding hydrogens is 480 g/mol. The predicted molar refractivity (Wildman–Crippen MR) is 148 cm³/mol. The zero-order valence-electron chi connectivity index (χ0n) is 21.3. The Morgan fingerprint density at radius 3 is 2.16 bits per heavy atom. The van der Waals surface area contributed by atoms with Gasteiger partial charge in [-0.1, -0.05) is 48.0 Å². The molecule has 8 nitrogen and oxygen atoms in total. The fourth-order valence-corrected chi connectivity index (χ4v) is 3.67. The van der Waals surface area contributed by atoms with E-state index >= 15 is 0 Å². The predicted octanol–water partition coefficient (Wildman–Crippen LogP) is 5.39. The van der Waals surface area contributed by atoms with Gasteiger partial charge in [0.25, 0.3) is 5.91 Å². The van der Waals surface area contributed by atoms with Gasteiger partial charge in [0.05, 0.1) is 11.4 Å². The summed E-state index contributed by atoms with van der Waals surface area (Å²) in [7, 11) is 0. The first kappa shape index (κ1) is 26.1. The van der Waals surface area contributed by atoms with Gasteiger partial charge in [-0.3, -0.25) is 9.59 Å². The van der Waals surface area contributed by atoms with Crippen LogP contribution in [-0.2, 0) is 19.1 Å². The molecule has 1 heterocycles. The van der Waals surface area contributed by atoms with Gasteiger partial charge >= 0.3 is 5.97 Å². The van der Waals surface area contributed by atoms with Crippen molar-refractivity contribution in [1.29, 1.82) is 0 Å². The number of amides is 2. The van der Waals surface area contributed by atoms with Crippen molar-refractivity contribution in [2.45, 2.75) is 26.9 Å². The molecule has 8 heteroatoms. The fourth-order valence-electron chi connectivity index (χ4n) is 3.67. The molecule has 0 saturated heterocycles. The molecule has 1 unspecified atom stereocenters. The van der Waals surface area contributed by atoms with Gasteiger partial charge in [0.2, 0.25) is 5.91 Å². The smallest absolute Gasteiger partial charge is 0.331 e. The molecule has 0 bridgehead atoms. The average Bonchev–Trinajstić information content (AvgIpc) is 3.33. The van der Waals surface area contributed by atoms with Gasteiger partial charge < -0.3 is 15.4 Å². The summed E-state index contributed by atoms with van der Waals surface area (Å²) in [5.74, 6) is -1.32. The van der Waals surface area contributed by atoms with Gasteiger partial charge in [0.15, 0.2) is 6.10 Å². The van der Waals surface area contributed by atoms with Crippen LogP contribution in [-0.4, -0.2) is 33.7 Å². The topological polar surface area (TPSA) is 102 Å². The van der Waals surface area contributed by atoms with Gasteiger partial charge in [-0.05, 0) is 56.3 Å². The molecule has 0 radical (unpaired) electrons. The van der Waals surface area contributed by atoms with Crippen molar-refractivity contribution in [3.05, 3.63) is 102 Å². The van der Waals surface area contributed by atoms with E-state index in [9.17, 15) is 14.4 Å². The summed E-state index contributed by atoms with van der Waals surface area (Å²) in [6, 6.07) is 24.3. The first-order valence-electron chi connectivity index (χ1n) is 12.1. The van der Waals surface area contributed by atoms with Crippen molar-refractivity contribution in [3.63, 3.8) is 0 Å². The Kier molecular flexibility index (Phi) is 8.13. The minimum absolute atomic E-state index is 0.186. The number of carbonyl (C=O) groups is 3. The normalized spacial score (nSPS) is 11.7. The number of esters is 1. The average molecular weight is 509 g/mol. The lowest BCUT2D eigenvalue weighted by Crippen LogP contribution is -2.29. The Bertz CT molecular complexity index is 1460. The SMILES string of the molecule is CC(=O)Nc1ccc(NC(=O)C(C)OC(=O)/C=C/c2cn(-c3ccccc3)nc2-c2ccc(C)cc2)cc1. The fraction of sp³-hybridized carbons (Fsp3) is 0.133. The third kappa shape index (κ3) is 6.82. The van der Waals surface area contributed by atoms with Crippen molar-refractivity contribution in [1.82, 2.24) is 9.78 Å². The first-order valence-corrected chi connectivity index (χ1v) is 12.1. The van der Waals surface area contributed by atoms with Crippen LogP contribution in [0.5, 0.6) is 0 Å². The standard InChI is InChI=1S/C30H28N4O4/c1-20-9-11-23(12-10-20)29-24(19-34(33-29)27-7-5-4-6-8-27)13-18-28(36)38-21(2)30(37)32-26-16-14-25(15-17-26)31-22(3)35/h4-19,21H,1-3H3,(H,31,35)(H,32,37)/b18-13+. The van der Waals surface area contributed by atoms with Gasteiger partial charge in [0, 0.05) is 41.7 Å². The molecule has 2 N–H and O–H groups in total. The van der Waals surface area contributed by atoms with Crippen LogP contribution < -0.4 is 10.6 Å². The van der Waals surface area contributed by atoms with E-state index in [0.717, 1.165) is 22.4 Å². The molecule has 0 saturated carbocycles. The lowest BCUT2D eigenvalue weighted by Gasteiger charge is -2.12. The highest BCUT2D eigenvalue weighted by Crippen LogP contribution is 2.25. The molecule has 4 aromatic rings. The number of nitrogens with zero attached hydrogens (tertiary/aromatic N) is 2. The quantitative estimate of drug-likeness (QED) is 0.245. The Hall–Kier alpha value is -4.98. The molecular formula is C30H28N4O4. The molecule has 0 spiro atoms. The maximum absolute atomic E-state index is 12.5. The number of nitrogens with one attached hydrogen (secondary N) is 2. The third-order valence-electron chi connectivity index (χ3n) is 5.62. The van der Waals surface area contributed by atoms with Crippen LogP contribution in [0.3, 0.4) is 0 Å². The van der Waals surface area contributed by atoms with Gasteiger partial charge in [-0.15, -0.1) is 0 Å². The zero-order chi connectivity index (χ0) is 27.1. The highest BCUT2D eigenvalue weighted by atomic mass is 16.5. The molecule has 0 fully saturated rings. The Labute approximate surface area is 221 Å². The summed E-state index contributed by atoms with van der Waals surface area (Å²) in [6.45, 7) is 4.93. The molecule has 0 aliphatic heterocycles. The van der Waals surface area contributed by atoms with Crippen molar-refractivity contribution < 1.29 is 19.1 Å². The van der Waals surface area contributed by atoms with E-state index in [2.05, 4.69) is 10.6 Å². The minimum Gasteiger partial charge on any atom is -0.449 e. The molecule has 1 aromatic heterocycles. The number of rotatable bonds is 8. The number of aryl methyl sites for hydroxylation is 1. The summed E-state index contributed by atoms with van der Waals surface area (Å²) in [4.78, 5) is 36.2. The van der Waals surface area contributed by atoms with E-state index in [4.69, 9.17) is 9.84 Å². The maximum atomic E-state index is 12.5. The van der Waals surface area contributed by atoms with Crippen molar-refractivity contribution in [3.8, 4) is 16.9 Å². The lowest BCUT2D eigenvalue weighted by atomic mass is 10.1. The number of carbonyl (C=O) groups excluding carboxylic acids is 3. The van der Waals surface area contributed by atoms with Gasteiger partial charge in [-0.2, -0.15) is 5.10 Å². The van der Waals surface area contributed by atoms with Crippen molar-refractivity contribution in [2.24, 2.45) is 0 Å². The van der Waals surface area contributed by atoms with E-state index in [1.54, 1.807) is 35.0 Å². The van der Waals surface area contributed by atoms with Gasteiger partial charge in [-0.25, -0.2) is 9.48 Å². The minimum atomic E-state index is -1.02. The second-order valence-electron chi connectivity index (χ2n) is 8.74. The molecule has 1 atom stereocenters. The molecule has 192 valence electrons. The lowest BCUT2D eigenvalue weighted by molar-refractivity contribution is -0.148. The van der Waals surface area contributed by atoms with Crippen LogP contribution in [0.1, 0.15) is 25.0 Å². The number of aromatic nitrogens is 2. The number of para-hydroxylation sites is 1. The molecule has 0 aliphatic rings. The summed E-state index contributed by atoms with van der Waals surface area (Å²) in [6.07, 6.45) is 3.74. The largest absolute Gasteiger partial charge is 0.449 e. The summed E-state index contributed by atoms with van der Waals surface area (Å²) >= 11 is 0. The second-order valence-corrected chi connectivity index (χ2v) is 8.74. The number of anilines is 2. The number of hydrogen-bond donors (Lipinski definition) is 2. The van der Waals surface area contributed by atoms with Crippen molar-refractivity contribution >= 4 is 35.2 Å². The Morgan fingerprint density at radius 2 is 1.53 bits per heavy atom. The van der Waals surface area contributed by atoms with Crippen LogP contribution in [0, 0.1) is 6.92 Å². The molecule has 0 aliphatic carbocycles. The van der Waals surface area contributed by atoms with Crippen molar-refractivity contribution in [2.75, 3.05) is 10.6 Å². The third-order valence-corrected chi connectivity index (χ3v) is 5.62. The van der Waals surface area contributed by atoms with E-state index < -0.39 is 18.0 Å².